The third-order valence-corrected chi connectivity index (χ3v) is 2.71. The number of hydrogen-bond acceptors (Lipinski definition) is 8. The number of nitrogens with one attached hydrogen (secondary N) is 1. The highest BCUT2D eigenvalue weighted by atomic mass is 19.4. The summed E-state index contributed by atoms with van der Waals surface area (Å²) in [5.74, 6) is 0.0566. The fourth-order valence-electron chi connectivity index (χ4n) is 1.82. The minimum absolute atomic E-state index is 0.163. The van der Waals surface area contributed by atoms with Gasteiger partial charge < -0.3 is 14.8 Å². The van der Waals surface area contributed by atoms with Crippen LogP contribution in [-0.2, 0) is 0 Å². The minimum atomic E-state index is -4.74. The molecular weight excluding hydrogens is 331 g/mol. The van der Waals surface area contributed by atoms with Gasteiger partial charge in [0.05, 0.1) is 6.61 Å². The zero-order valence-electron chi connectivity index (χ0n) is 12.2. The lowest BCUT2D eigenvalue weighted by Gasteiger charge is -2.11. The van der Waals surface area contributed by atoms with Crippen molar-refractivity contribution >= 4 is 22.8 Å². The molecule has 2 heterocycles. The van der Waals surface area contributed by atoms with Crippen molar-refractivity contribution in [2.45, 2.75) is 13.3 Å². The van der Waals surface area contributed by atoms with Gasteiger partial charge >= 0.3 is 6.36 Å². The fourth-order valence-corrected chi connectivity index (χ4v) is 1.82. The van der Waals surface area contributed by atoms with E-state index < -0.39 is 6.36 Å². The van der Waals surface area contributed by atoms with E-state index in [0.717, 1.165) is 0 Å². The summed E-state index contributed by atoms with van der Waals surface area (Å²) in [6.45, 7) is 2.10. The molecule has 0 bridgehead atoms. The lowest BCUT2D eigenvalue weighted by Crippen LogP contribution is -2.17. The number of hydrogen-bond donors (Lipinski definition) is 1. The zero-order chi connectivity index (χ0) is 17.2. The molecule has 0 atom stereocenters. The van der Waals surface area contributed by atoms with Crippen molar-refractivity contribution < 1.29 is 27.3 Å². The van der Waals surface area contributed by atoms with Crippen LogP contribution in [0, 0.1) is 0 Å². The van der Waals surface area contributed by atoms with E-state index in [1.807, 2.05) is 0 Å². The van der Waals surface area contributed by atoms with Crippen molar-refractivity contribution in [2.24, 2.45) is 0 Å². The molecule has 0 amide bonds. The van der Waals surface area contributed by atoms with Crippen LogP contribution in [0.4, 0.5) is 24.7 Å². The first-order chi connectivity index (χ1) is 11.4. The van der Waals surface area contributed by atoms with E-state index >= 15 is 0 Å². The van der Waals surface area contributed by atoms with E-state index in [4.69, 9.17) is 4.74 Å². The van der Waals surface area contributed by atoms with Gasteiger partial charge in [0.2, 0.25) is 11.3 Å². The van der Waals surface area contributed by atoms with E-state index in [2.05, 4.69) is 35.0 Å². The molecule has 3 rings (SSSR count). The summed E-state index contributed by atoms with van der Waals surface area (Å²) in [5.41, 5.74) is 0.798. The summed E-state index contributed by atoms with van der Waals surface area (Å²) in [4.78, 5) is 8.25. The first-order valence-electron chi connectivity index (χ1n) is 6.70. The van der Waals surface area contributed by atoms with Crippen molar-refractivity contribution in [1.29, 1.82) is 0 Å². The van der Waals surface area contributed by atoms with Crippen molar-refractivity contribution in [1.82, 2.24) is 20.3 Å². The van der Waals surface area contributed by atoms with Crippen LogP contribution in [0.25, 0.3) is 11.3 Å². The Morgan fingerprint density at radius 2 is 1.75 bits per heavy atom. The highest BCUT2D eigenvalue weighted by molar-refractivity contribution is 5.71. The number of fused-ring (bicyclic) bond motifs is 1. The molecule has 24 heavy (non-hydrogen) atoms. The SMILES string of the molecule is CCOc1nc2nonc2nc1Nc1ccc(OC(F)(F)F)cc1. The van der Waals surface area contributed by atoms with E-state index in [-0.39, 0.29) is 28.7 Å². The van der Waals surface area contributed by atoms with Gasteiger partial charge in [-0.2, -0.15) is 9.97 Å². The maximum atomic E-state index is 12.1. The minimum Gasteiger partial charge on any atom is -0.475 e. The summed E-state index contributed by atoms with van der Waals surface area (Å²) < 4.78 is 50.1. The number of benzene rings is 1. The fraction of sp³-hybridized carbons (Fsp3) is 0.231. The molecule has 3 aromatic rings. The number of rotatable bonds is 5. The van der Waals surface area contributed by atoms with Crippen molar-refractivity contribution in [3.63, 3.8) is 0 Å². The molecule has 0 saturated heterocycles. The van der Waals surface area contributed by atoms with Crippen LogP contribution in [0.2, 0.25) is 0 Å². The average Bonchev–Trinajstić information content (AvgIpc) is 2.95. The van der Waals surface area contributed by atoms with Gasteiger partial charge in [-0.3, -0.25) is 0 Å². The summed E-state index contributed by atoms with van der Waals surface area (Å²) >= 11 is 0. The monoisotopic (exact) mass is 341 g/mol. The lowest BCUT2D eigenvalue weighted by molar-refractivity contribution is -0.274. The van der Waals surface area contributed by atoms with Crippen molar-refractivity contribution in [3.8, 4) is 11.6 Å². The number of alkyl halides is 3. The maximum absolute atomic E-state index is 12.1. The third kappa shape index (κ3) is 3.62. The summed E-state index contributed by atoms with van der Waals surface area (Å²) in [7, 11) is 0. The highest BCUT2D eigenvalue weighted by Crippen LogP contribution is 2.28. The normalized spacial score (nSPS) is 11.5. The second-order valence-corrected chi connectivity index (χ2v) is 4.42. The molecule has 0 aliphatic rings. The number of ether oxygens (including phenoxy) is 2. The van der Waals surface area contributed by atoms with Gasteiger partial charge in [-0.1, -0.05) is 0 Å². The van der Waals surface area contributed by atoms with Crippen LogP contribution in [0.5, 0.6) is 11.6 Å². The van der Waals surface area contributed by atoms with Gasteiger partial charge in [-0.25, -0.2) is 4.63 Å². The summed E-state index contributed by atoms with van der Waals surface area (Å²) in [6, 6.07) is 5.12. The predicted octanol–water partition coefficient (Wildman–Crippen LogP) is 3.05. The highest BCUT2D eigenvalue weighted by Gasteiger charge is 2.31. The van der Waals surface area contributed by atoms with Crippen LogP contribution in [0.15, 0.2) is 28.9 Å². The molecule has 0 spiro atoms. The van der Waals surface area contributed by atoms with Gasteiger partial charge in [-0.15, -0.1) is 13.2 Å². The zero-order valence-corrected chi connectivity index (χ0v) is 12.2. The summed E-state index contributed by atoms with van der Waals surface area (Å²) in [5, 5.41) is 10.0. The van der Waals surface area contributed by atoms with Crippen molar-refractivity contribution in [2.75, 3.05) is 11.9 Å². The van der Waals surface area contributed by atoms with Crippen LogP contribution in [-0.4, -0.2) is 33.3 Å². The topological polar surface area (TPSA) is 95.2 Å². The summed E-state index contributed by atoms with van der Waals surface area (Å²) in [6.07, 6.45) is -4.74. The Labute approximate surface area is 132 Å². The number of anilines is 2. The molecule has 0 aliphatic heterocycles. The van der Waals surface area contributed by atoms with Crippen LogP contribution in [0.3, 0.4) is 0 Å². The molecule has 2 aromatic heterocycles. The molecule has 0 fully saturated rings. The molecule has 0 saturated carbocycles. The molecule has 1 aromatic carbocycles. The Hall–Kier alpha value is -3.11. The predicted molar refractivity (Wildman–Crippen MR) is 75.0 cm³/mol. The molecule has 11 heteroatoms. The molecule has 126 valence electrons. The first kappa shape index (κ1) is 15.8. The Morgan fingerprint density at radius 1 is 1.08 bits per heavy atom. The molecule has 8 nitrogen and oxygen atoms in total. The van der Waals surface area contributed by atoms with Gasteiger partial charge in [0.15, 0.2) is 5.82 Å². The second-order valence-electron chi connectivity index (χ2n) is 4.42. The van der Waals surface area contributed by atoms with Crippen molar-refractivity contribution in [3.05, 3.63) is 24.3 Å². The number of halogens is 3. The average molecular weight is 341 g/mol. The standard InChI is InChI=1S/C13H10F3N5O3/c1-2-22-12-11(18-9-10(19-12)21-24-20-9)17-7-3-5-8(6-4-7)23-13(14,15)16/h3-6H,2H2,1H3,(H,17,18,20). The largest absolute Gasteiger partial charge is 0.573 e. The maximum Gasteiger partial charge on any atom is 0.573 e. The molecular formula is C13H10F3N5O3. The van der Waals surface area contributed by atoms with E-state index in [0.29, 0.717) is 12.3 Å². The quantitative estimate of drug-likeness (QED) is 0.756. The van der Waals surface area contributed by atoms with Gasteiger partial charge in [0.25, 0.3) is 5.88 Å². The van der Waals surface area contributed by atoms with Crippen LogP contribution >= 0.6 is 0 Å². The van der Waals surface area contributed by atoms with Gasteiger partial charge in [-0.05, 0) is 41.5 Å². The third-order valence-electron chi connectivity index (χ3n) is 2.71. The second kappa shape index (κ2) is 6.18. The molecule has 1 N–H and O–H groups in total. The molecule has 0 radical (unpaired) electrons. The van der Waals surface area contributed by atoms with Crippen LogP contribution < -0.4 is 14.8 Å². The Kier molecular flexibility index (Phi) is 4.06. The Balaban J connectivity index is 1.84. The molecule has 0 unspecified atom stereocenters. The van der Waals surface area contributed by atoms with Gasteiger partial charge in [0.1, 0.15) is 5.75 Å². The molecule has 0 aliphatic carbocycles. The first-order valence-corrected chi connectivity index (χ1v) is 6.70. The lowest BCUT2D eigenvalue weighted by atomic mass is 10.3. The Morgan fingerprint density at radius 3 is 2.38 bits per heavy atom. The Bertz CT molecular complexity index is 835. The van der Waals surface area contributed by atoms with Crippen LogP contribution in [0.1, 0.15) is 6.92 Å². The van der Waals surface area contributed by atoms with Gasteiger partial charge in [0, 0.05) is 5.69 Å². The number of nitrogens with zero attached hydrogens (tertiary/aromatic N) is 4. The van der Waals surface area contributed by atoms with E-state index in [1.54, 1.807) is 6.92 Å². The van der Waals surface area contributed by atoms with E-state index in [9.17, 15) is 13.2 Å². The van der Waals surface area contributed by atoms with E-state index in [1.165, 1.54) is 24.3 Å². The smallest absolute Gasteiger partial charge is 0.475 e. The number of aromatic nitrogens is 4.